The number of carbonyl (C=O) groups is 1. The van der Waals surface area contributed by atoms with Crippen molar-refractivity contribution in [3.63, 3.8) is 0 Å². The molecule has 0 aliphatic heterocycles. The second kappa shape index (κ2) is 4.70. The highest BCUT2D eigenvalue weighted by atomic mass is 19.1. The van der Waals surface area contributed by atoms with Crippen molar-refractivity contribution in [3.05, 3.63) is 60.0 Å². The number of fused-ring (bicyclic) bond motifs is 1. The second-order valence-electron chi connectivity index (χ2n) is 4.47. The molecule has 0 spiro atoms. The van der Waals surface area contributed by atoms with Crippen molar-refractivity contribution >= 4 is 28.2 Å². The Morgan fingerprint density at radius 3 is 2.80 bits per heavy atom. The third-order valence-electron chi connectivity index (χ3n) is 3.07. The molecule has 3 rings (SSSR count). The molecule has 3 aromatic rings. The highest BCUT2D eigenvalue weighted by molar-refractivity contribution is 6.05. The van der Waals surface area contributed by atoms with Gasteiger partial charge in [-0.1, -0.05) is 0 Å². The summed E-state index contributed by atoms with van der Waals surface area (Å²) in [5.74, 6) is -0.975. The number of hydrogen-bond donors (Lipinski definition) is 3. The van der Waals surface area contributed by atoms with Crippen LogP contribution in [-0.4, -0.2) is 10.9 Å². The first-order valence-corrected chi connectivity index (χ1v) is 6.07. The number of carbonyl (C=O) groups excluding carboxylic acids is 1. The van der Waals surface area contributed by atoms with Crippen molar-refractivity contribution in [2.24, 2.45) is 0 Å². The predicted octanol–water partition coefficient (Wildman–Crippen LogP) is 3.14. The zero-order valence-electron chi connectivity index (χ0n) is 10.5. The van der Waals surface area contributed by atoms with Gasteiger partial charge in [-0.3, -0.25) is 4.79 Å². The Labute approximate surface area is 114 Å². The number of H-pyrrole nitrogens is 1. The second-order valence-corrected chi connectivity index (χ2v) is 4.47. The molecule has 0 saturated heterocycles. The molecule has 0 radical (unpaired) electrons. The van der Waals surface area contributed by atoms with Gasteiger partial charge in [0.1, 0.15) is 5.82 Å². The van der Waals surface area contributed by atoms with E-state index in [1.165, 1.54) is 12.1 Å². The van der Waals surface area contributed by atoms with E-state index in [4.69, 9.17) is 5.73 Å². The van der Waals surface area contributed by atoms with Crippen LogP contribution >= 0.6 is 0 Å². The zero-order valence-corrected chi connectivity index (χ0v) is 10.5. The lowest BCUT2D eigenvalue weighted by atomic mass is 10.1. The van der Waals surface area contributed by atoms with Crippen molar-refractivity contribution in [3.8, 4) is 0 Å². The smallest absolute Gasteiger partial charge is 0.255 e. The lowest BCUT2D eigenvalue weighted by Gasteiger charge is -2.06. The van der Waals surface area contributed by atoms with Crippen LogP contribution < -0.4 is 11.1 Å². The lowest BCUT2D eigenvalue weighted by Crippen LogP contribution is -2.12. The molecule has 4 nitrogen and oxygen atoms in total. The van der Waals surface area contributed by atoms with E-state index in [9.17, 15) is 9.18 Å². The maximum absolute atomic E-state index is 13.3. The molecule has 5 heteroatoms. The number of aromatic nitrogens is 1. The summed E-state index contributed by atoms with van der Waals surface area (Å²) in [6.45, 7) is 0. The molecule has 1 heterocycles. The molecule has 1 aromatic heterocycles. The fourth-order valence-corrected chi connectivity index (χ4v) is 2.00. The maximum atomic E-state index is 13.3. The van der Waals surface area contributed by atoms with Gasteiger partial charge in [-0.05, 0) is 42.5 Å². The van der Waals surface area contributed by atoms with Gasteiger partial charge in [0.25, 0.3) is 5.91 Å². The minimum absolute atomic E-state index is 0.0234. The Kier molecular flexibility index (Phi) is 2.87. The largest absolute Gasteiger partial charge is 0.396 e. The van der Waals surface area contributed by atoms with Crippen LogP contribution in [0.3, 0.4) is 0 Å². The summed E-state index contributed by atoms with van der Waals surface area (Å²) in [7, 11) is 0. The SMILES string of the molecule is Nc1ccc(C(=O)Nc2ccc3[nH]ccc3c2)cc1F. The molecule has 4 N–H and O–H groups in total. The highest BCUT2D eigenvalue weighted by Crippen LogP contribution is 2.19. The van der Waals surface area contributed by atoms with Gasteiger partial charge < -0.3 is 16.0 Å². The number of anilines is 2. The minimum Gasteiger partial charge on any atom is -0.396 e. The topological polar surface area (TPSA) is 70.9 Å². The summed E-state index contributed by atoms with van der Waals surface area (Å²) >= 11 is 0. The number of aromatic amines is 1. The van der Waals surface area contributed by atoms with Gasteiger partial charge in [0.2, 0.25) is 0 Å². The summed E-state index contributed by atoms with van der Waals surface area (Å²) in [5, 5.41) is 3.72. The molecule has 20 heavy (non-hydrogen) atoms. The van der Waals surface area contributed by atoms with Gasteiger partial charge >= 0.3 is 0 Å². The summed E-state index contributed by atoms with van der Waals surface area (Å²) in [6, 6.07) is 11.4. The van der Waals surface area contributed by atoms with E-state index >= 15 is 0 Å². The van der Waals surface area contributed by atoms with E-state index in [1.54, 1.807) is 6.07 Å². The van der Waals surface area contributed by atoms with Crippen molar-refractivity contribution in [2.75, 3.05) is 11.1 Å². The number of halogens is 1. The fourth-order valence-electron chi connectivity index (χ4n) is 2.00. The van der Waals surface area contributed by atoms with Crippen molar-refractivity contribution in [1.82, 2.24) is 4.98 Å². The number of benzene rings is 2. The van der Waals surface area contributed by atoms with Gasteiger partial charge in [-0.2, -0.15) is 0 Å². The van der Waals surface area contributed by atoms with Crippen LogP contribution in [-0.2, 0) is 0 Å². The Morgan fingerprint density at radius 2 is 2.00 bits per heavy atom. The molecule has 0 aliphatic carbocycles. The van der Waals surface area contributed by atoms with Crippen molar-refractivity contribution < 1.29 is 9.18 Å². The van der Waals surface area contributed by atoms with Crippen molar-refractivity contribution in [2.45, 2.75) is 0 Å². The molecule has 1 amide bonds. The first-order chi connectivity index (χ1) is 9.63. The third kappa shape index (κ3) is 2.21. The number of rotatable bonds is 2. The zero-order chi connectivity index (χ0) is 14.1. The monoisotopic (exact) mass is 269 g/mol. The molecule has 0 bridgehead atoms. The average Bonchev–Trinajstić information content (AvgIpc) is 2.89. The summed E-state index contributed by atoms with van der Waals surface area (Å²) in [6.07, 6.45) is 1.83. The molecular weight excluding hydrogens is 257 g/mol. The first-order valence-electron chi connectivity index (χ1n) is 6.07. The predicted molar refractivity (Wildman–Crippen MR) is 77.1 cm³/mol. The van der Waals surface area contributed by atoms with Gasteiger partial charge in [-0.15, -0.1) is 0 Å². The lowest BCUT2D eigenvalue weighted by molar-refractivity contribution is 0.102. The Morgan fingerprint density at radius 1 is 1.15 bits per heavy atom. The third-order valence-corrected chi connectivity index (χ3v) is 3.07. The quantitative estimate of drug-likeness (QED) is 0.625. The van der Waals surface area contributed by atoms with E-state index in [2.05, 4.69) is 10.3 Å². The van der Waals surface area contributed by atoms with E-state index in [0.29, 0.717) is 5.69 Å². The normalized spacial score (nSPS) is 10.7. The van der Waals surface area contributed by atoms with Gasteiger partial charge in [0, 0.05) is 28.4 Å². The van der Waals surface area contributed by atoms with Crippen LogP contribution in [0.25, 0.3) is 10.9 Å². The molecule has 0 atom stereocenters. The number of amides is 1. The molecule has 0 unspecified atom stereocenters. The molecule has 0 saturated carbocycles. The highest BCUT2D eigenvalue weighted by Gasteiger charge is 2.09. The molecular formula is C15H12FN3O. The van der Waals surface area contributed by atoms with E-state index < -0.39 is 5.82 Å². The van der Waals surface area contributed by atoms with Crippen molar-refractivity contribution in [1.29, 1.82) is 0 Å². The van der Waals surface area contributed by atoms with E-state index in [1.807, 2.05) is 24.4 Å². The van der Waals surface area contributed by atoms with Crippen LogP contribution in [0.4, 0.5) is 15.8 Å². The average molecular weight is 269 g/mol. The Hall–Kier alpha value is -2.82. The molecule has 0 fully saturated rings. The number of nitrogen functional groups attached to an aromatic ring is 1. The van der Waals surface area contributed by atoms with Crippen LogP contribution in [0.5, 0.6) is 0 Å². The van der Waals surface area contributed by atoms with E-state index in [-0.39, 0.29) is 17.2 Å². The van der Waals surface area contributed by atoms with Gasteiger partial charge in [0.15, 0.2) is 0 Å². The Bertz CT molecular complexity index is 795. The van der Waals surface area contributed by atoms with Gasteiger partial charge in [0.05, 0.1) is 5.69 Å². The van der Waals surface area contributed by atoms with Gasteiger partial charge in [-0.25, -0.2) is 4.39 Å². The fraction of sp³-hybridized carbons (Fsp3) is 0. The molecule has 0 aliphatic rings. The molecule has 100 valence electrons. The number of nitrogens with one attached hydrogen (secondary N) is 2. The van der Waals surface area contributed by atoms with E-state index in [0.717, 1.165) is 17.0 Å². The summed E-state index contributed by atoms with van der Waals surface area (Å²) in [5.41, 5.74) is 7.27. The summed E-state index contributed by atoms with van der Waals surface area (Å²) in [4.78, 5) is 15.1. The van der Waals surface area contributed by atoms with Crippen LogP contribution in [0.2, 0.25) is 0 Å². The maximum Gasteiger partial charge on any atom is 0.255 e. The Balaban J connectivity index is 1.85. The summed E-state index contributed by atoms with van der Waals surface area (Å²) < 4.78 is 13.3. The number of nitrogens with two attached hydrogens (primary N) is 1. The molecule has 2 aromatic carbocycles. The standard InChI is InChI=1S/C15H12FN3O/c16-12-8-10(1-3-13(12)17)15(20)19-11-2-4-14-9(7-11)5-6-18-14/h1-8,18H,17H2,(H,19,20). The van der Waals surface area contributed by atoms with Crippen LogP contribution in [0.15, 0.2) is 48.7 Å². The number of hydrogen-bond acceptors (Lipinski definition) is 2. The van der Waals surface area contributed by atoms with Crippen LogP contribution in [0.1, 0.15) is 10.4 Å². The van der Waals surface area contributed by atoms with Crippen LogP contribution in [0, 0.1) is 5.82 Å². The minimum atomic E-state index is -0.598. The first kappa shape index (κ1) is 12.2.